The number of nitrogens with one attached hydrogen (secondary N) is 1. The number of nitrogens with zero attached hydrogens (tertiary/aromatic N) is 3. The Balaban J connectivity index is 1.70. The topological polar surface area (TPSA) is 72.3 Å². The van der Waals surface area contributed by atoms with E-state index in [4.69, 9.17) is 4.74 Å². The lowest BCUT2D eigenvalue weighted by atomic mass is 10.1. The van der Waals surface area contributed by atoms with Crippen molar-refractivity contribution in [1.29, 1.82) is 0 Å². The molecule has 1 N–H and O–H groups in total. The molecule has 4 aromatic rings. The summed E-state index contributed by atoms with van der Waals surface area (Å²) in [5.74, 6) is 0.782. The quantitative estimate of drug-likeness (QED) is 0.521. The molecule has 142 valence electrons. The fourth-order valence-electron chi connectivity index (χ4n) is 3.13. The summed E-state index contributed by atoms with van der Waals surface area (Å²) >= 11 is 1.46. The minimum Gasteiger partial charge on any atom is -0.497 e. The van der Waals surface area contributed by atoms with Crippen molar-refractivity contribution in [1.82, 2.24) is 14.8 Å². The Morgan fingerprint density at radius 3 is 2.75 bits per heavy atom. The van der Waals surface area contributed by atoms with Crippen molar-refractivity contribution in [3.63, 3.8) is 0 Å². The zero-order chi connectivity index (χ0) is 19.8. The smallest absolute Gasteiger partial charge is 0.280 e. The molecular weight excluding hydrogens is 372 g/mol. The Labute approximate surface area is 166 Å². The van der Waals surface area contributed by atoms with Gasteiger partial charge in [-0.25, -0.2) is 14.7 Å². The summed E-state index contributed by atoms with van der Waals surface area (Å²) in [4.78, 5) is 21.9. The second-order valence-electron chi connectivity index (χ2n) is 6.67. The van der Waals surface area contributed by atoms with Crippen LogP contribution in [0, 0.1) is 20.8 Å². The van der Waals surface area contributed by atoms with Crippen LogP contribution >= 0.6 is 11.3 Å². The maximum Gasteiger partial charge on any atom is 0.280 e. The number of fused-ring (bicyclic) bond motifs is 1. The molecule has 0 aliphatic heterocycles. The van der Waals surface area contributed by atoms with Crippen molar-refractivity contribution in [2.45, 2.75) is 20.8 Å². The second-order valence-corrected chi connectivity index (χ2v) is 7.68. The monoisotopic (exact) mass is 392 g/mol. The Bertz CT molecular complexity index is 1260. The molecule has 0 spiro atoms. The Hall–Kier alpha value is -3.19. The van der Waals surface area contributed by atoms with E-state index >= 15 is 0 Å². The number of rotatable bonds is 4. The summed E-state index contributed by atoms with van der Waals surface area (Å²) in [5.41, 5.74) is 5.05. The molecule has 0 radical (unpaired) electrons. The molecule has 0 aliphatic rings. The van der Waals surface area contributed by atoms with Crippen LogP contribution in [0.5, 0.6) is 5.75 Å². The van der Waals surface area contributed by atoms with Gasteiger partial charge in [0.05, 0.1) is 28.6 Å². The fourth-order valence-corrected chi connectivity index (χ4v) is 3.97. The number of hydrogen-bond acceptors (Lipinski definition) is 5. The molecule has 2 aromatic heterocycles. The van der Waals surface area contributed by atoms with E-state index in [1.807, 2.05) is 51.1 Å². The van der Waals surface area contributed by atoms with E-state index in [0.29, 0.717) is 10.7 Å². The molecule has 2 aromatic carbocycles. The summed E-state index contributed by atoms with van der Waals surface area (Å²) in [6.07, 6.45) is 1.59. The Kier molecular flexibility index (Phi) is 4.60. The number of aromatic nitrogens is 3. The van der Waals surface area contributed by atoms with Gasteiger partial charge in [-0.2, -0.15) is 0 Å². The van der Waals surface area contributed by atoms with Crippen LogP contribution in [0.2, 0.25) is 0 Å². The highest BCUT2D eigenvalue weighted by molar-refractivity contribution is 7.22. The van der Waals surface area contributed by atoms with E-state index in [1.54, 1.807) is 18.0 Å². The van der Waals surface area contributed by atoms with E-state index < -0.39 is 0 Å². The number of methoxy groups -OCH3 is 1. The van der Waals surface area contributed by atoms with E-state index in [1.165, 1.54) is 11.3 Å². The van der Waals surface area contributed by atoms with Crippen LogP contribution in [0.4, 0.5) is 5.13 Å². The van der Waals surface area contributed by atoms with Crippen LogP contribution in [-0.2, 0) is 0 Å². The van der Waals surface area contributed by atoms with Crippen LogP contribution in [-0.4, -0.2) is 28.1 Å². The van der Waals surface area contributed by atoms with E-state index in [2.05, 4.69) is 21.1 Å². The number of thiazole rings is 1. The molecule has 0 unspecified atom stereocenters. The first-order valence-electron chi connectivity index (χ1n) is 8.84. The maximum absolute atomic E-state index is 12.9. The largest absolute Gasteiger partial charge is 0.497 e. The lowest BCUT2D eigenvalue weighted by molar-refractivity contribution is 0.415. The molecule has 6 nitrogen and oxygen atoms in total. The molecule has 7 heteroatoms. The SMILES string of the molecule is COc1ccc2nc(/N=C/c3c(C)[nH]n(-c4ccc(C)cc4C)c3=O)sc2c1. The van der Waals surface area contributed by atoms with Crippen LogP contribution in [0.15, 0.2) is 46.2 Å². The molecule has 4 rings (SSSR count). The third kappa shape index (κ3) is 3.25. The number of benzene rings is 2. The summed E-state index contributed by atoms with van der Waals surface area (Å²) in [6.45, 7) is 5.89. The fraction of sp³-hybridized carbons (Fsp3) is 0.190. The number of ether oxygens (including phenoxy) is 1. The van der Waals surface area contributed by atoms with Gasteiger partial charge in [0.15, 0.2) is 0 Å². The van der Waals surface area contributed by atoms with Crippen molar-refractivity contribution < 1.29 is 4.74 Å². The third-order valence-corrected chi connectivity index (χ3v) is 5.52. The van der Waals surface area contributed by atoms with Gasteiger partial charge in [0.1, 0.15) is 5.75 Å². The minimum absolute atomic E-state index is 0.129. The average molecular weight is 392 g/mol. The second kappa shape index (κ2) is 7.09. The molecular formula is C21H20N4O2S. The number of aliphatic imine (C=N–C) groups is 1. The van der Waals surface area contributed by atoms with Gasteiger partial charge in [-0.15, -0.1) is 0 Å². The van der Waals surface area contributed by atoms with Gasteiger partial charge in [-0.3, -0.25) is 9.89 Å². The van der Waals surface area contributed by atoms with Gasteiger partial charge in [0.25, 0.3) is 5.56 Å². The zero-order valence-electron chi connectivity index (χ0n) is 16.1. The number of hydrogen-bond donors (Lipinski definition) is 1. The normalized spacial score (nSPS) is 11.6. The first-order chi connectivity index (χ1) is 13.5. The summed E-state index contributed by atoms with van der Waals surface area (Å²) < 4.78 is 7.80. The summed E-state index contributed by atoms with van der Waals surface area (Å²) in [6, 6.07) is 11.7. The summed E-state index contributed by atoms with van der Waals surface area (Å²) in [7, 11) is 1.64. The van der Waals surface area contributed by atoms with E-state index in [-0.39, 0.29) is 5.56 Å². The predicted molar refractivity (Wildman–Crippen MR) is 114 cm³/mol. The van der Waals surface area contributed by atoms with Crippen molar-refractivity contribution >= 4 is 32.9 Å². The van der Waals surface area contributed by atoms with Crippen molar-refractivity contribution in [3.05, 3.63) is 69.1 Å². The van der Waals surface area contributed by atoms with Gasteiger partial charge >= 0.3 is 0 Å². The van der Waals surface area contributed by atoms with E-state index in [9.17, 15) is 4.79 Å². The van der Waals surface area contributed by atoms with Gasteiger partial charge in [0, 0.05) is 11.9 Å². The number of aromatic amines is 1. The minimum atomic E-state index is -0.129. The molecule has 0 atom stereocenters. The summed E-state index contributed by atoms with van der Waals surface area (Å²) in [5, 5.41) is 3.75. The van der Waals surface area contributed by atoms with Crippen LogP contribution in [0.25, 0.3) is 15.9 Å². The molecule has 0 amide bonds. The highest BCUT2D eigenvalue weighted by atomic mass is 32.1. The van der Waals surface area contributed by atoms with Crippen molar-refractivity contribution in [3.8, 4) is 11.4 Å². The number of H-pyrrole nitrogens is 1. The maximum atomic E-state index is 12.9. The van der Waals surface area contributed by atoms with Gasteiger partial charge in [-0.05, 0) is 50.6 Å². The predicted octanol–water partition coefficient (Wildman–Crippen LogP) is 4.46. The first-order valence-corrected chi connectivity index (χ1v) is 9.66. The Morgan fingerprint density at radius 1 is 1.18 bits per heavy atom. The standard InChI is InChI=1S/C21H20N4O2S/c1-12-5-8-18(13(2)9-12)25-20(26)16(14(3)24-25)11-22-21-23-17-7-6-15(27-4)10-19(17)28-21/h5-11,24H,1-4H3/b22-11+. The molecule has 0 saturated carbocycles. The van der Waals surface area contributed by atoms with Crippen LogP contribution in [0.1, 0.15) is 22.4 Å². The van der Waals surface area contributed by atoms with Crippen LogP contribution in [0.3, 0.4) is 0 Å². The first kappa shape index (κ1) is 18.2. The van der Waals surface area contributed by atoms with Gasteiger partial charge < -0.3 is 4.74 Å². The average Bonchev–Trinajstić information content (AvgIpc) is 3.20. The Morgan fingerprint density at radius 2 is 2.00 bits per heavy atom. The highest BCUT2D eigenvalue weighted by Crippen LogP contribution is 2.30. The van der Waals surface area contributed by atoms with Gasteiger partial charge in [0.2, 0.25) is 5.13 Å². The zero-order valence-corrected chi connectivity index (χ0v) is 16.9. The molecule has 0 bridgehead atoms. The highest BCUT2D eigenvalue weighted by Gasteiger charge is 2.13. The van der Waals surface area contributed by atoms with Crippen LogP contribution < -0.4 is 10.3 Å². The molecule has 28 heavy (non-hydrogen) atoms. The molecule has 0 fully saturated rings. The lowest BCUT2D eigenvalue weighted by Gasteiger charge is -2.06. The third-order valence-electron chi connectivity index (χ3n) is 4.60. The lowest BCUT2D eigenvalue weighted by Crippen LogP contribution is -2.18. The molecule has 0 saturated heterocycles. The number of aryl methyl sites for hydroxylation is 3. The molecule has 2 heterocycles. The van der Waals surface area contributed by atoms with Crippen molar-refractivity contribution in [2.24, 2.45) is 4.99 Å². The van der Waals surface area contributed by atoms with Gasteiger partial charge in [-0.1, -0.05) is 29.0 Å². The van der Waals surface area contributed by atoms with E-state index in [0.717, 1.165) is 38.5 Å². The molecule has 0 aliphatic carbocycles. The van der Waals surface area contributed by atoms with Crippen molar-refractivity contribution in [2.75, 3.05) is 7.11 Å².